The zero-order chi connectivity index (χ0) is 13.2. The lowest BCUT2D eigenvalue weighted by Crippen LogP contribution is -2.39. The Bertz CT molecular complexity index is 499. The molecular weight excluding hydrogens is 322 g/mol. The minimum atomic E-state index is -3.30. The van der Waals surface area contributed by atoms with Gasteiger partial charge in [-0.25, -0.2) is 13.1 Å². The predicted octanol–water partition coefficient (Wildman–Crippen LogP) is 1.68. The lowest BCUT2D eigenvalue weighted by Gasteiger charge is -2.15. The average Bonchev–Trinajstić information content (AvgIpc) is 2.87. The van der Waals surface area contributed by atoms with Crippen LogP contribution in [0.5, 0.6) is 0 Å². The average molecular weight is 338 g/mol. The summed E-state index contributed by atoms with van der Waals surface area (Å²) in [5.41, 5.74) is 0. The number of nitrogens with one attached hydrogen (secondary N) is 1. The van der Waals surface area contributed by atoms with Crippen molar-refractivity contribution < 1.29 is 17.6 Å². The zero-order valence-electron chi connectivity index (χ0n) is 10.1. The fourth-order valence-corrected chi connectivity index (χ4v) is 3.96. The second-order valence-corrected chi connectivity index (χ2v) is 7.06. The van der Waals surface area contributed by atoms with Gasteiger partial charge in [0.2, 0.25) is 10.0 Å². The highest BCUT2D eigenvalue weighted by Gasteiger charge is 2.35. The Labute approximate surface area is 115 Å². The summed E-state index contributed by atoms with van der Waals surface area (Å²) in [4.78, 5) is 0. The normalized spacial score (nSPS) is 24.6. The predicted molar refractivity (Wildman–Crippen MR) is 70.9 cm³/mol. The first-order valence-electron chi connectivity index (χ1n) is 5.83. The first-order valence-corrected chi connectivity index (χ1v) is 8.17. The Hall–Kier alpha value is -0.370. The number of halogens is 1. The minimum absolute atomic E-state index is 0.236. The fourth-order valence-electron chi connectivity index (χ4n) is 2.03. The van der Waals surface area contributed by atoms with Crippen molar-refractivity contribution in [2.24, 2.45) is 0 Å². The molecule has 1 aromatic rings. The molecule has 0 amide bonds. The molecular formula is C11H16BrNO4S. The first-order chi connectivity index (χ1) is 8.49. The van der Waals surface area contributed by atoms with Gasteiger partial charge in [0, 0.05) is 19.6 Å². The summed E-state index contributed by atoms with van der Waals surface area (Å²) in [5, 5.41) is -0.444. The summed E-state index contributed by atoms with van der Waals surface area (Å²) >= 11 is 3.20. The van der Waals surface area contributed by atoms with Crippen molar-refractivity contribution in [3.05, 3.63) is 22.6 Å². The molecule has 1 fully saturated rings. The monoisotopic (exact) mass is 337 g/mol. The summed E-state index contributed by atoms with van der Waals surface area (Å²) in [5.74, 6) is 0.750. The second kappa shape index (κ2) is 5.73. The molecule has 1 saturated heterocycles. The molecule has 0 aliphatic carbocycles. The van der Waals surface area contributed by atoms with Crippen molar-refractivity contribution in [2.45, 2.75) is 31.1 Å². The lowest BCUT2D eigenvalue weighted by molar-refractivity contribution is 0.126. The first kappa shape index (κ1) is 14.0. The highest BCUT2D eigenvalue weighted by Crippen LogP contribution is 2.20. The third kappa shape index (κ3) is 3.34. The summed E-state index contributed by atoms with van der Waals surface area (Å²) < 4.78 is 37.9. The van der Waals surface area contributed by atoms with Crippen molar-refractivity contribution in [2.75, 3.05) is 13.2 Å². The number of hydrogen-bond donors (Lipinski definition) is 1. The maximum Gasteiger partial charge on any atom is 0.217 e. The van der Waals surface area contributed by atoms with Crippen LogP contribution in [0.2, 0.25) is 0 Å². The van der Waals surface area contributed by atoms with Gasteiger partial charge in [0.05, 0.1) is 6.10 Å². The SMILES string of the molecule is C[C@H]1OCC[C@@H]1S(=O)(=O)NCCc1ccc(Br)o1. The van der Waals surface area contributed by atoms with Crippen LogP contribution in [0.15, 0.2) is 21.2 Å². The van der Waals surface area contributed by atoms with E-state index < -0.39 is 15.3 Å². The van der Waals surface area contributed by atoms with Crippen LogP contribution in [0.3, 0.4) is 0 Å². The van der Waals surface area contributed by atoms with Gasteiger partial charge < -0.3 is 9.15 Å². The quantitative estimate of drug-likeness (QED) is 0.887. The second-order valence-electron chi connectivity index (χ2n) is 4.30. The molecule has 0 saturated carbocycles. The van der Waals surface area contributed by atoms with E-state index in [9.17, 15) is 8.42 Å². The van der Waals surface area contributed by atoms with Crippen LogP contribution in [-0.2, 0) is 21.2 Å². The van der Waals surface area contributed by atoms with Gasteiger partial charge in [-0.3, -0.25) is 0 Å². The molecule has 5 nitrogen and oxygen atoms in total. The van der Waals surface area contributed by atoms with E-state index in [4.69, 9.17) is 9.15 Å². The van der Waals surface area contributed by atoms with Crippen LogP contribution in [0.4, 0.5) is 0 Å². The molecule has 0 bridgehead atoms. The largest absolute Gasteiger partial charge is 0.454 e. The number of sulfonamides is 1. The van der Waals surface area contributed by atoms with Crippen molar-refractivity contribution in [3.63, 3.8) is 0 Å². The molecule has 1 aromatic heterocycles. The third-order valence-electron chi connectivity index (χ3n) is 3.01. The molecule has 0 radical (unpaired) electrons. The van der Waals surface area contributed by atoms with Crippen LogP contribution in [0.1, 0.15) is 19.1 Å². The van der Waals surface area contributed by atoms with Gasteiger partial charge in [-0.1, -0.05) is 0 Å². The van der Waals surface area contributed by atoms with Crippen LogP contribution >= 0.6 is 15.9 Å². The third-order valence-corrected chi connectivity index (χ3v) is 5.46. The van der Waals surface area contributed by atoms with Gasteiger partial charge in [-0.15, -0.1) is 0 Å². The van der Waals surface area contributed by atoms with Gasteiger partial charge in [0.25, 0.3) is 0 Å². The van der Waals surface area contributed by atoms with Crippen molar-refractivity contribution >= 4 is 26.0 Å². The number of hydrogen-bond acceptors (Lipinski definition) is 4. The minimum Gasteiger partial charge on any atom is -0.454 e. The summed E-state index contributed by atoms with van der Waals surface area (Å²) in [6, 6.07) is 3.61. The topological polar surface area (TPSA) is 68.5 Å². The zero-order valence-corrected chi connectivity index (χ0v) is 12.5. The Morgan fingerprint density at radius 3 is 2.83 bits per heavy atom. The molecule has 7 heteroatoms. The van der Waals surface area contributed by atoms with Crippen LogP contribution in [0.25, 0.3) is 0 Å². The number of ether oxygens (including phenoxy) is 1. The molecule has 1 N–H and O–H groups in total. The number of furan rings is 1. The molecule has 18 heavy (non-hydrogen) atoms. The van der Waals surface area contributed by atoms with Gasteiger partial charge in [0.1, 0.15) is 11.0 Å². The van der Waals surface area contributed by atoms with E-state index in [1.165, 1.54) is 0 Å². The van der Waals surface area contributed by atoms with Crippen molar-refractivity contribution in [3.8, 4) is 0 Å². The Morgan fingerprint density at radius 2 is 2.28 bits per heavy atom. The van der Waals surface area contributed by atoms with E-state index in [0.717, 1.165) is 5.76 Å². The fraction of sp³-hybridized carbons (Fsp3) is 0.636. The molecule has 0 unspecified atom stereocenters. The Morgan fingerprint density at radius 1 is 1.50 bits per heavy atom. The van der Waals surface area contributed by atoms with E-state index in [2.05, 4.69) is 20.7 Å². The number of rotatable bonds is 5. The summed E-state index contributed by atoms with van der Waals surface area (Å²) in [6.07, 6.45) is 0.857. The van der Waals surface area contributed by atoms with E-state index in [0.29, 0.717) is 30.7 Å². The summed E-state index contributed by atoms with van der Waals surface area (Å²) in [7, 11) is -3.30. The molecule has 1 aliphatic heterocycles. The maximum absolute atomic E-state index is 12.0. The molecule has 2 atom stereocenters. The summed E-state index contributed by atoms with van der Waals surface area (Å²) in [6.45, 7) is 2.64. The maximum atomic E-state index is 12.0. The van der Waals surface area contributed by atoms with Gasteiger partial charge in [0.15, 0.2) is 4.67 Å². The molecule has 0 aromatic carbocycles. The van der Waals surface area contributed by atoms with Gasteiger partial charge in [-0.2, -0.15) is 0 Å². The van der Waals surface area contributed by atoms with Gasteiger partial charge >= 0.3 is 0 Å². The molecule has 2 rings (SSSR count). The molecule has 2 heterocycles. The van der Waals surface area contributed by atoms with Crippen molar-refractivity contribution in [1.29, 1.82) is 0 Å². The van der Waals surface area contributed by atoms with Crippen LogP contribution < -0.4 is 4.72 Å². The van der Waals surface area contributed by atoms with Gasteiger partial charge in [-0.05, 0) is 41.4 Å². The van der Waals surface area contributed by atoms with Crippen LogP contribution in [-0.4, -0.2) is 32.9 Å². The Balaban J connectivity index is 1.85. The molecule has 1 aliphatic rings. The van der Waals surface area contributed by atoms with Crippen molar-refractivity contribution in [1.82, 2.24) is 4.72 Å². The Kier molecular flexibility index (Phi) is 4.47. The highest BCUT2D eigenvalue weighted by atomic mass is 79.9. The van der Waals surface area contributed by atoms with E-state index in [-0.39, 0.29) is 6.10 Å². The molecule has 102 valence electrons. The standard InChI is InChI=1S/C11H16BrNO4S/c1-8-10(5-7-16-8)18(14,15)13-6-4-9-2-3-11(12)17-9/h2-3,8,10,13H,4-7H2,1H3/t8-,10+/m1/s1. The smallest absolute Gasteiger partial charge is 0.217 e. The van der Waals surface area contributed by atoms with E-state index >= 15 is 0 Å². The van der Waals surface area contributed by atoms with E-state index in [1.807, 2.05) is 6.07 Å². The van der Waals surface area contributed by atoms with Crippen LogP contribution in [0, 0.1) is 0 Å². The lowest BCUT2D eigenvalue weighted by atomic mass is 10.3. The highest BCUT2D eigenvalue weighted by molar-refractivity contribution is 9.10. The molecule has 0 spiro atoms. The van der Waals surface area contributed by atoms with E-state index in [1.54, 1.807) is 13.0 Å².